The van der Waals surface area contributed by atoms with E-state index < -0.39 is 6.10 Å². The van der Waals surface area contributed by atoms with E-state index in [2.05, 4.69) is 37.2 Å². The summed E-state index contributed by atoms with van der Waals surface area (Å²) >= 11 is 6.96. The molecule has 0 bridgehead atoms. The lowest BCUT2D eigenvalue weighted by molar-refractivity contribution is 0.191. The van der Waals surface area contributed by atoms with E-state index in [9.17, 15) is 5.11 Å². The molecule has 2 aromatic carbocycles. The van der Waals surface area contributed by atoms with Gasteiger partial charge in [-0.05, 0) is 52.2 Å². The first-order valence-corrected chi connectivity index (χ1v) is 7.59. The molecule has 0 amide bonds. The summed E-state index contributed by atoms with van der Waals surface area (Å²) in [5, 5.41) is 13.4. The standard InChI is InChI=1S/C15H15Br2NO/c1-10-4-2-7-13(15(10)17)18-9-14(19)11-5-3-6-12(16)8-11/h2-8,14,18-19H,9H2,1H3. The molecular weight excluding hydrogens is 370 g/mol. The molecule has 0 radical (unpaired) electrons. The van der Waals surface area contributed by atoms with Gasteiger partial charge in [0, 0.05) is 21.2 Å². The van der Waals surface area contributed by atoms with E-state index in [4.69, 9.17) is 0 Å². The Morgan fingerprint density at radius 2 is 1.89 bits per heavy atom. The second kappa shape index (κ2) is 6.55. The number of hydrogen-bond acceptors (Lipinski definition) is 2. The lowest BCUT2D eigenvalue weighted by Crippen LogP contribution is -2.12. The van der Waals surface area contributed by atoms with Gasteiger partial charge >= 0.3 is 0 Å². The van der Waals surface area contributed by atoms with Crippen LogP contribution < -0.4 is 5.32 Å². The fraction of sp³-hybridized carbons (Fsp3) is 0.200. The van der Waals surface area contributed by atoms with Crippen molar-refractivity contribution in [3.63, 3.8) is 0 Å². The van der Waals surface area contributed by atoms with E-state index in [0.29, 0.717) is 6.54 Å². The average Bonchev–Trinajstić information content (AvgIpc) is 2.40. The van der Waals surface area contributed by atoms with Gasteiger partial charge in [0.25, 0.3) is 0 Å². The molecule has 0 spiro atoms. The number of aliphatic hydroxyl groups excluding tert-OH is 1. The van der Waals surface area contributed by atoms with E-state index in [1.54, 1.807) is 0 Å². The van der Waals surface area contributed by atoms with Crippen molar-refractivity contribution in [3.8, 4) is 0 Å². The monoisotopic (exact) mass is 383 g/mol. The van der Waals surface area contributed by atoms with Gasteiger partial charge in [-0.15, -0.1) is 0 Å². The van der Waals surface area contributed by atoms with Gasteiger partial charge < -0.3 is 10.4 Å². The van der Waals surface area contributed by atoms with Crippen LogP contribution in [0.2, 0.25) is 0 Å². The molecule has 2 nitrogen and oxygen atoms in total. The molecule has 1 atom stereocenters. The Morgan fingerprint density at radius 1 is 1.16 bits per heavy atom. The number of anilines is 1. The number of rotatable bonds is 4. The molecule has 0 heterocycles. The van der Waals surface area contributed by atoms with Crippen molar-refractivity contribution in [2.24, 2.45) is 0 Å². The van der Waals surface area contributed by atoms with Crippen molar-refractivity contribution in [1.29, 1.82) is 0 Å². The summed E-state index contributed by atoms with van der Waals surface area (Å²) in [4.78, 5) is 0. The maximum atomic E-state index is 10.2. The van der Waals surface area contributed by atoms with E-state index in [1.165, 1.54) is 5.56 Å². The summed E-state index contributed by atoms with van der Waals surface area (Å²) < 4.78 is 2.01. The van der Waals surface area contributed by atoms with Crippen LogP contribution in [0.1, 0.15) is 17.2 Å². The van der Waals surface area contributed by atoms with Gasteiger partial charge in [0.05, 0.1) is 6.10 Å². The maximum absolute atomic E-state index is 10.2. The smallest absolute Gasteiger partial charge is 0.0962 e. The molecule has 2 rings (SSSR count). The quantitative estimate of drug-likeness (QED) is 0.802. The van der Waals surface area contributed by atoms with Crippen molar-refractivity contribution >= 4 is 37.5 Å². The number of nitrogens with one attached hydrogen (secondary N) is 1. The Labute approximate surface area is 130 Å². The van der Waals surface area contributed by atoms with Crippen LogP contribution in [0.3, 0.4) is 0 Å². The summed E-state index contributed by atoms with van der Waals surface area (Å²) in [5.41, 5.74) is 3.06. The minimum absolute atomic E-state index is 0.471. The number of aryl methyl sites for hydroxylation is 1. The molecule has 0 aliphatic heterocycles. The summed E-state index contributed by atoms with van der Waals surface area (Å²) in [6.07, 6.45) is -0.537. The molecule has 0 aliphatic rings. The Kier molecular flexibility index (Phi) is 5.02. The third kappa shape index (κ3) is 3.81. The number of hydrogen-bond donors (Lipinski definition) is 2. The first-order valence-electron chi connectivity index (χ1n) is 6.00. The summed E-state index contributed by atoms with van der Waals surface area (Å²) in [7, 11) is 0. The molecule has 100 valence electrons. The van der Waals surface area contributed by atoms with Gasteiger partial charge in [0.2, 0.25) is 0 Å². The highest BCUT2D eigenvalue weighted by atomic mass is 79.9. The molecule has 0 aliphatic carbocycles. The predicted molar refractivity (Wildman–Crippen MR) is 86.5 cm³/mol. The van der Waals surface area contributed by atoms with Crippen LogP contribution in [-0.4, -0.2) is 11.7 Å². The molecule has 2 aromatic rings. The van der Waals surface area contributed by atoms with Crippen molar-refractivity contribution in [2.45, 2.75) is 13.0 Å². The van der Waals surface area contributed by atoms with Gasteiger partial charge in [-0.25, -0.2) is 0 Å². The zero-order valence-electron chi connectivity index (χ0n) is 10.5. The van der Waals surface area contributed by atoms with E-state index >= 15 is 0 Å². The van der Waals surface area contributed by atoms with Gasteiger partial charge in [-0.2, -0.15) is 0 Å². The number of halogens is 2. The van der Waals surface area contributed by atoms with Crippen LogP contribution in [-0.2, 0) is 0 Å². The fourth-order valence-electron chi connectivity index (χ4n) is 1.82. The Balaban J connectivity index is 2.04. The van der Waals surface area contributed by atoms with Crippen LogP contribution in [0.25, 0.3) is 0 Å². The molecular formula is C15H15Br2NO. The third-order valence-corrected chi connectivity index (χ3v) is 4.46. The van der Waals surface area contributed by atoms with Crippen LogP contribution in [0.4, 0.5) is 5.69 Å². The third-order valence-electron chi connectivity index (χ3n) is 2.91. The Hall–Kier alpha value is -0.840. The van der Waals surface area contributed by atoms with Crippen LogP contribution in [0.5, 0.6) is 0 Å². The average molecular weight is 385 g/mol. The van der Waals surface area contributed by atoms with Crippen LogP contribution in [0.15, 0.2) is 51.4 Å². The Morgan fingerprint density at radius 3 is 2.63 bits per heavy atom. The van der Waals surface area contributed by atoms with Crippen LogP contribution in [0, 0.1) is 6.92 Å². The second-order valence-electron chi connectivity index (χ2n) is 4.39. The highest BCUT2D eigenvalue weighted by molar-refractivity contribution is 9.11. The molecule has 4 heteroatoms. The van der Waals surface area contributed by atoms with E-state index in [1.807, 2.05) is 49.4 Å². The first kappa shape index (κ1) is 14.6. The van der Waals surface area contributed by atoms with Crippen molar-refractivity contribution in [3.05, 3.63) is 62.5 Å². The second-order valence-corrected chi connectivity index (χ2v) is 6.10. The van der Waals surface area contributed by atoms with Gasteiger partial charge in [-0.3, -0.25) is 0 Å². The largest absolute Gasteiger partial charge is 0.387 e. The zero-order valence-corrected chi connectivity index (χ0v) is 13.7. The molecule has 0 saturated heterocycles. The molecule has 0 fully saturated rings. The normalized spacial score (nSPS) is 12.2. The van der Waals surface area contributed by atoms with Crippen LogP contribution >= 0.6 is 31.9 Å². The van der Waals surface area contributed by atoms with Gasteiger partial charge in [-0.1, -0.05) is 40.2 Å². The maximum Gasteiger partial charge on any atom is 0.0962 e. The zero-order chi connectivity index (χ0) is 13.8. The van der Waals surface area contributed by atoms with Gasteiger partial charge in [0.15, 0.2) is 0 Å². The first-order chi connectivity index (χ1) is 9.08. The minimum atomic E-state index is -0.537. The molecule has 1 unspecified atom stereocenters. The Bertz CT molecular complexity index is 572. The fourth-order valence-corrected chi connectivity index (χ4v) is 2.64. The summed E-state index contributed by atoms with van der Waals surface area (Å²) in [5.74, 6) is 0. The van der Waals surface area contributed by atoms with E-state index in [-0.39, 0.29) is 0 Å². The minimum Gasteiger partial charge on any atom is -0.387 e. The SMILES string of the molecule is Cc1cccc(NCC(O)c2cccc(Br)c2)c1Br. The summed E-state index contributed by atoms with van der Waals surface area (Å²) in [6, 6.07) is 13.7. The topological polar surface area (TPSA) is 32.3 Å². The van der Waals surface area contributed by atoms with Crippen molar-refractivity contribution in [1.82, 2.24) is 0 Å². The number of benzene rings is 2. The van der Waals surface area contributed by atoms with E-state index in [0.717, 1.165) is 20.2 Å². The summed E-state index contributed by atoms with van der Waals surface area (Å²) in [6.45, 7) is 2.51. The molecule has 2 N–H and O–H groups in total. The highest BCUT2D eigenvalue weighted by Crippen LogP contribution is 2.26. The molecule has 0 saturated carbocycles. The predicted octanol–water partition coefficient (Wildman–Crippen LogP) is 4.67. The van der Waals surface area contributed by atoms with Crippen molar-refractivity contribution < 1.29 is 5.11 Å². The van der Waals surface area contributed by atoms with Crippen molar-refractivity contribution in [2.75, 3.05) is 11.9 Å². The lowest BCUT2D eigenvalue weighted by atomic mass is 10.1. The number of aliphatic hydroxyl groups is 1. The van der Waals surface area contributed by atoms with Gasteiger partial charge in [0.1, 0.15) is 0 Å². The lowest BCUT2D eigenvalue weighted by Gasteiger charge is -2.15. The molecule has 0 aromatic heterocycles. The molecule has 19 heavy (non-hydrogen) atoms. The highest BCUT2D eigenvalue weighted by Gasteiger charge is 2.09.